The Kier molecular flexibility index (Phi) is 5.20. The Morgan fingerprint density at radius 3 is 3.00 bits per heavy atom. The fraction of sp³-hybridized carbons (Fsp3) is 0.571. The van der Waals surface area contributed by atoms with Gasteiger partial charge in [0.05, 0.1) is 17.6 Å². The van der Waals surface area contributed by atoms with Crippen molar-refractivity contribution in [1.82, 2.24) is 4.90 Å². The molecule has 1 aliphatic heterocycles. The third-order valence-corrected chi connectivity index (χ3v) is 3.98. The van der Waals surface area contributed by atoms with Crippen molar-refractivity contribution in [2.45, 2.75) is 32.2 Å². The number of nitrogens with zero attached hydrogens (tertiary/aromatic N) is 2. The summed E-state index contributed by atoms with van der Waals surface area (Å²) in [6.07, 6.45) is 3.45. The zero-order valence-electron chi connectivity index (χ0n) is 11.5. The van der Waals surface area contributed by atoms with Gasteiger partial charge < -0.3 is 9.64 Å². The van der Waals surface area contributed by atoms with Gasteiger partial charge in [-0.25, -0.2) is 0 Å². The molecule has 1 fully saturated rings. The van der Waals surface area contributed by atoms with E-state index in [1.807, 2.05) is 0 Å². The van der Waals surface area contributed by atoms with Crippen molar-refractivity contribution in [3.8, 4) is 5.75 Å². The smallest absolute Gasteiger partial charge is 0.291 e. The van der Waals surface area contributed by atoms with Crippen molar-refractivity contribution in [3.05, 3.63) is 33.3 Å². The van der Waals surface area contributed by atoms with Gasteiger partial charge in [0.2, 0.25) is 0 Å². The van der Waals surface area contributed by atoms with Crippen molar-refractivity contribution in [3.63, 3.8) is 0 Å². The molecule has 1 aliphatic rings. The first-order chi connectivity index (χ1) is 9.58. The summed E-state index contributed by atoms with van der Waals surface area (Å²) in [5.41, 5.74) is -0.114. The first kappa shape index (κ1) is 15.1. The Hall–Kier alpha value is -1.33. The van der Waals surface area contributed by atoms with Crippen molar-refractivity contribution in [1.29, 1.82) is 0 Å². The van der Waals surface area contributed by atoms with E-state index in [0.717, 1.165) is 19.5 Å². The maximum Gasteiger partial charge on any atom is 0.291 e. The molecule has 2 rings (SSSR count). The molecule has 0 aromatic heterocycles. The molecule has 0 bridgehead atoms. The van der Waals surface area contributed by atoms with Crippen molar-refractivity contribution in [2.24, 2.45) is 0 Å². The molecule has 0 aliphatic carbocycles. The number of hydrogen-bond acceptors (Lipinski definition) is 4. The molecule has 1 heterocycles. The van der Waals surface area contributed by atoms with Crippen LogP contribution in [0.15, 0.2) is 18.2 Å². The Morgan fingerprint density at radius 1 is 1.55 bits per heavy atom. The van der Waals surface area contributed by atoms with E-state index in [1.165, 1.54) is 25.0 Å². The zero-order valence-corrected chi connectivity index (χ0v) is 12.3. The summed E-state index contributed by atoms with van der Waals surface area (Å²) in [6, 6.07) is 5.19. The Morgan fingerprint density at radius 2 is 2.35 bits per heavy atom. The molecule has 1 atom stereocenters. The number of rotatable bonds is 6. The normalized spacial score (nSPS) is 19.2. The molecular weight excluding hydrogens is 280 g/mol. The first-order valence-corrected chi connectivity index (χ1v) is 7.26. The molecule has 5 nitrogen and oxygen atoms in total. The van der Waals surface area contributed by atoms with Crippen LogP contribution in [-0.4, -0.2) is 35.6 Å². The lowest BCUT2D eigenvalue weighted by Crippen LogP contribution is -2.28. The fourth-order valence-electron chi connectivity index (χ4n) is 2.50. The van der Waals surface area contributed by atoms with Gasteiger partial charge in [0.25, 0.3) is 5.69 Å². The van der Waals surface area contributed by atoms with Crippen molar-refractivity contribution in [2.75, 3.05) is 19.7 Å². The molecule has 1 aromatic carbocycles. The molecule has 1 aromatic rings. The molecule has 0 radical (unpaired) electrons. The molecule has 0 unspecified atom stereocenters. The minimum Gasteiger partial charge on any atom is -0.493 e. The van der Waals surface area contributed by atoms with E-state index in [9.17, 15) is 10.1 Å². The van der Waals surface area contributed by atoms with Crippen LogP contribution in [0.25, 0.3) is 0 Å². The van der Waals surface area contributed by atoms with E-state index in [1.54, 1.807) is 6.07 Å². The number of likely N-dealkylation sites (tertiary alicyclic amines) is 1. The van der Waals surface area contributed by atoms with Gasteiger partial charge in [0.15, 0.2) is 0 Å². The maximum absolute atomic E-state index is 10.8. The molecule has 0 spiro atoms. The fourth-order valence-corrected chi connectivity index (χ4v) is 2.69. The van der Waals surface area contributed by atoms with E-state index < -0.39 is 4.92 Å². The summed E-state index contributed by atoms with van der Waals surface area (Å²) < 4.78 is 5.56. The van der Waals surface area contributed by atoms with E-state index in [0.29, 0.717) is 18.4 Å². The zero-order chi connectivity index (χ0) is 14.5. The Labute approximate surface area is 123 Å². The minimum absolute atomic E-state index is 0.114. The summed E-state index contributed by atoms with van der Waals surface area (Å²) in [7, 11) is 0. The molecule has 0 N–H and O–H groups in total. The van der Waals surface area contributed by atoms with Crippen LogP contribution in [0.4, 0.5) is 5.69 Å². The highest BCUT2D eigenvalue weighted by atomic mass is 35.5. The predicted molar refractivity (Wildman–Crippen MR) is 78.5 cm³/mol. The highest BCUT2D eigenvalue weighted by Crippen LogP contribution is 2.28. The van der Waals surface area contributed by atoms with Crippen molar-refractivity contribution >= 4 is 17.3 Å². The first-order valence-electron chi connectivity index (χ1n) is 6.88. The molecule has 0 saturated carbocycles. The van der Waals surface area contributed by atoms with Crippen LogP contribution in [-0.2, 0) is 0 Å². The highest BCUT2D eigenvalue weighted by molar-refractivity contribution is 6.32. The summed E-state index contributed by atoms with van der Waals surface area (Å²) in [5, 5.41) is 10.9. The van der Waals surface area contributed by atoms with Gasteiger partial charge in [-0.05, 0) is 44.9 Å². The number of benzene rings is 1. The second-order valence-electron chi connectivity index (χ2n) is 5.10. The van der Waals surface area contributed by atoms with Gasteiger partial charge in [-0.1, -0.05) is 11.6 Å². The highest BCUT2D eigenvalue weighted by Gasteiger charge is 2.19. The maximum atomic E-state index is 10.8. The Balaban J connectivity index is 1.79. The predicted octanol–water partition coefficient (Wildman–Crippen LogP) is 3.50. The third-order valence-electron chi connectivity index (χ3n) is 3.66. The SMILES string of the molecule is C[C@@H]1CCCN1CCCOc1ccc(Cl)c([N+](=O)[O-])c1. The molecule has 6 heteroatoms. The second-order valence-corrected chi connectivity index (χ2v) is 5.51. The summed E-state index contributed by atoms with van der Waals surface area (Å²) in [4.78, 5) is 12.7. The topological polar surface area (TPSA) is 55.6 Å². The summed E-state index contributed by atoms with van der Waals surface area (Å²) >= 11 is 5.75. The number of ether oxygens (including phenoxy) is 1. The lowest BCUT2D eigenvalue weighted by Gasteiger charge is -2.20. The number of nitro groups is 1. The van der Waals surface area contributed by atoms with Gasteiger partial charge in [-0.2, -0.15) is 0 Å². The lowest BCUT2D eigenvalue weighted by molar-refractivity contribution is -0.384. The van der Waals surface area contributed by atoms with E-state index in [4.69, 9.17) is 16.3 Å². The molecule has 1 saturated heterocycles. The van der Waals surface area contributed by atoms with Crippen LogP contribution in [0.2, 0.25) is 5.02 Å². The van der Waals surface area contributed by atoms with E-state index >= 15 is 0 Å². The number of nitro benzene ring substituents is 1. The minimum atomic E-state index is -0.499. The van der Waals surface area contributed by atoms with Crippen LogP contribution in [0.3, 0.4) is 0 Å². The molecule has 0 amide bonds. The van der Waals surface area contributed by atoms with Gasteiger partial charge in [-0.3, -0.25) is 10.1 Å². The lowest BCUT2D eigenvalue weighted by atomic mass is 10.2. The van der Waals surface area contributed by atoms with Gasteiger partial charge >= 0.3 is 0 Å². The Bertz CT molecular complexity index is 481. The van der Waals surface area contributed by atoms with Crippen molar-refractivity contribution < 1.29 is 9.66 Å². The third kappa shape index (κ3) is 3.84. The standard InChI is InChI=1S/C14H19ClN2O3/c1-11-4-2-7-16(11)8-3-9-20-12-5-6-13(15)14(10-12)17(18)19/h5-6,10-11H,2-4,7-9H2,1H3/t11-/m1/s1. The largest absolute Gasteiger partial charge is 0.493 e. The monoisotopic (exact) mass is 298 g/mol. The summed E-state index contributed by atoms with van der Waals surface area (Å²) in [5.74, 6) is 0.496. The number of hydrogen-bond donors (Lipinski definition) is 0. The van der Waals surface area contributed by atoms with Crippen LogP contribution < -0.4 is 4.74 Å². The average molecular weight is 299 g/mol. The van der Waals surface area contributed by atoms with Crippen LogP contribution >= 0.6 is 11.6 Å². The summed E-state index contributed by atoms with van der Waals surface area (Å²) in [6.45, 7) is 4.98. The van der Waals surface area contributed by atoms with Gasteiger partial charge in [0.1, 0.15) is 10.8 Å². The molecule has 110 valence electrons. The molecule has 20 heavy (non-hydrogen) atoms. The number of halogens is 1. The van der Waals surface area contributed by atoms with Crippen LogP contribution in [0.1, 0.15) is 26.2 Å². The quantitative estimate of drug-likeness (QED) is 0.458. The van der Waals surface area contributed by atoms with E-state index in [2.05, 4.69) is 11.8 Å². The average Bonchev–Trinajstić information content (AvgIpc) is 2.82. The van der Waals surface area contributed by atoms with Crippen LogP contribution in [0.5, 0.6) is 5.75 Å². The van der Waals surface area contributed by atoms with Crippen LogP contribution in [0, 0.1) is 10.1 Å². The van der Waals surface area contributed by atoms with Gasteiger partial charge in [0, 0.05) is 12.6 Å². The van der Waals surface area contributed by atoms with E-state index in [-0.39, 0.29) is 10.7 Å². The molecular formula is C14H19ClN2O3. The second kappa shape index (κ2) is 6.90. The van der Waals surface area contributed by atoms with Gasteiger partial charge in [-0.15, -0.1) is 0 Å².